The van der Waals surface area contributed by atoms with Crippen molar-refractivity contribution in [2.45, 2.75) is 38.8 Å². The van der Waals surface area contributed by atoms with E-state index in [1.807, 2.05) is 18.7 Å². The fourth-order valence-corrected chi connectivity index (χ4v) is 2.47. The molecule has 1 saturated carbocycles. The van der Waals surface area contributed by atoms with E-state index in [-0.39, 0.29) is 49.1 Å². The van der Waals surface area contributed by atoms with E-state index in [1.165, 1.54) is 12.8 Å². The monoisotopic (exact) mass is 354 g/mol. The number of nitrogens with zero attached hydrogens (tertiary/aromatic N) is 2. The number of carbonyl (C=O) groups excluding carboxylic acids is 2. The van der Waals surface area contributed by atoms with Gasteiger partial charge in [-0.05, 0) is 18.8 Å². The van der Waals surface area contributed by atoms with Crippen LogP contribution in [0.1, 0.15) is 26.7 Å². The summed E-state index contributed by atoms with van der Waals surface area (Å²) in [4.78, 5) is 28.0. The Morgan fingerprint density at radius 2 is 1.68 bits per heavy atom. The topological polar surface area (TPSA) is 78.7 Å². The van der Waals surface area contributed by atoms with Crippen LogP contribution in [0.3, 0.4) is 0 Å². The number of amides is 2. The van der Waals surface area contributed by atoms with E-state index in [1.54, 1.807) is 0 Å². The van der Waals surface area contributed by atoms with Crippen LogP contribution in [0.4, 0.5) is 0 Å². The van der Waals surface area contributed by atoms with Gasteiger partial charge in [-0.15, -0.1) is 24.8 Å². The van der Waals surface area contributed by atoms with Gasteiger partial charge in [-0.3, -0.25) is 14.5 Å². The molecule has 3 N–H and O–H groups in total. The van der Waals surface area contributed by atoms with Gasteiger partial charge in [0.25, 0.3) is 0 Å². The number of hydrogen-bond acceptors (Lipinski definition) is 4. The van der Waals surface area contributed by atoms with Crippen molar-refractivity contribution < 1.29 is 9.59 Å². The maximum absolute atomic E-state index is 12.0. The molecule has 130 valence electrons. The Kier molecular flexibility index (Phi) is 9.31. The predicted molar refractivity (Wildman–Crippen MR) is 91.5 cm³/mol. The van der Waals surface area contributed by atoms with Gasteiger partial charge in [0.15, 0.2) is 0 Å². The normalized spacial score (nSPS) is 19.9. The molecule has 0 aromatic rings. The summed E-state index contributed by atoms with van der Waals surface area (Å²) in [7, 11) is 0. The van der Waals surface area contributed by atoms with Crippen molar-refractivity contribution in [2.75, 3.05) is 32.7 Å². The van der Waals surface area contributed by atoms with Crippen molar-refractivity contribution in [1.29, 1.82) is 0 Å². The highest BCUT2D eigenvalue weighted by Crippen LogP contribution is 2.27. The fraction of sp³-hybridized carbons (Fsp3) is 0.857. The minimum atomic E-state index is -0.547. The van der Waals surface area contributed by atoms with Crippen LogP contribution < -0.4 is 11.1 Å². The highest BCUT2D eigenvalue weighted by Gasteiger charge is 2.32. The van der Waals surface area contributed by atoms with Gasteiger partial charge < -0.3 is 16.0 Å². The first-order valence-corrected chi connectivity index (χ1v) is 7.54. The second-order valence-corrected chi connectivity index (χ2v) is 6.14. The highest BCUT2D eigenvalue weighted by atomic mass is 35.5. The van der Waals surface area contributed by atoms with Gasteiger partial charge in [0.1, 0.15) is 0 Å². The van der Waals surface area contributed by atoms with Crippen molar-refractivity contribution in [1.82, 2.24) is 15.1 Å². The lowest BCUT2D eigenvalue weighted by Crippen LogP contribution is -2.53. The molecule has 0 spiro atoms. The molecule has 0 bridgehead atoms. The van der Waals surface area contributed by atoms with Crippen molar-refractivity contribution in [3.8, 4) is 0 Å². The first-order valence-electron chi connectivity index (χ1n) is 7.54. The summed E-state index contributed by atoms with van der Waals surface area (Å²) < 4.78 is 0. The number of nitrogens with two attached hydrogens (primary N) is 1. The fourth-order valence-electron chi connectivity index (χ4n) is 2.47. The number of carbonyl (C=O) groups is 2. The third-order valence-electron chi connectivity index (χ3n) is 4.17. The van der Waals surface area contributed by atoms with Crippen LogP contribution >= 0.6 is 24.8 Å². The molecule has 1 aliphatic heterocycles. The van der Waals surface area contributed by atoms with Crippen LogP contribution in [0, 0.1) is 5.92 Å². The lowest BCUT2D eigenvalue weighted by Gasteiger charge is -2.35. The minimum absolute atomic E-state index is 0. The number of rotatable bonds is 5. The average Bonchev–Trinajstić information content (AvgIpc) is 3.28. The van der Waals surface area contributed by atoms with Crippen molar-refractivity contribution in [3.63, 3.8) is 0 Å². The standard InChI is InChI=1S/C14H26N4O2.2ClH/c1-10(2)13(15)14(20)16-9-12(19)18-7-5-17(6-8-18)11-3-4-11;;/h10-11,13H,3-9,15H2,1-2H3,(H,16,20);2*1H/t13-;;/m0../s1. The van der Waals surface area contributed by atoms with Crippen LogP contribution in [0.25, 0.3) is 0 Å². The Balaban J connectivity index is 0.00000220. The molecule has 2 fully saturated rings. The molecule has 0 aromatic heterocycles. The van der Waals surface area contributed by atoms with Crippen molar-refractivity contribution >= 4 is 36.6 Å². The molecular formula is C14H28Cl2N4O2. The largest absolute Gasteiger partial charge is 0.346 e. The van der Waals surface area contributed by atoms with E-state index in [4.69, 9.17) is 5.73 Å². The number of halogens is 2. The summed E-state index contributed by atoms with van der Waals surface area (Å²) in [6.07, 6.45) is 2.61. The van der Waals surface area contributed by atoms with Crippen molar-refractivity contribution in [2.24, 2.45) is 11.7 Å². The average molecular weight is 355 g/mol. The third-order valence-corrected chi connectivity index (χ3v) is 4.17. The van der Waals surface area contributed by atoms with E-state index in [0.717, 1.165) is 32.2 Å². The van der Waals surface area contributed by atoms with Crippen LogP contribution in [0.2, 0.25) is 0 Å². The van der Waals surface area contributed by atoms with Gasteiger partial charge in [-0.2, -0.15) is 0 Å². The zero-order chi connectivity index (χ0) is 14.7. The Morgan fingerprint density at radius 3 is 2.14 bits per heavy atom. The van der Waals surface area contributed by atoms with Gasteiger partial charge in [0.05, 0.1) is 12.6 Å². The highest BCUT2D eigenvalue weighted by molar-refractivity contribution is 5.87. The SMILES string of the molecule is CC(C)[C@H](N)C(=O)NCC(=O)N1CCN(C2CC2)CC1.Cl.Cl. The van der Waals surface area contributed by atoms with Crippen LogP contribution in [0.5, 0.6) is 0 Å². The number of piperazine rings is 1. The summed E-state index contributed by atoms with van der Waals surface area (Å²) in [5, 5.41) is 2.64. The molecule has 2 rings (SSSR count). The molecule has 22 heavy (non-hydrogen) atoms. The van der Waals surface area contributed by atoms with Crippen LogP contribution in [-0.2, 0) is 9.59 Å². The Labute approximate surface area is 145 Å². The zero-order valence-corrected chi connectivity index (χ0v) is 14.9. The predicted octanol–water partition coefficient (Wildman–Crippen LogP) is 0.236. The summed E-state index contributed by atoms with van der Waals surface area (Å²) >= 11 is 0. The first kappa shape index (κ1) is 21.4. The van der Waals surface area contributed by atoms with Gasteiger partial charge in [0.2, 0.25) is 11.8 Å². The maximum Gasteiger partial charge on any atom is 0.242 e. The molecule has 6 nitrogen and oxygen atoms in total. The number of hydrogen-bond donors (Lipinski definition) is 2. The lowest BCUT2D eigenvalue weighted by molar-refractivity contribution is -0.134. The van der Waals surface area contributed by atoms with E-state index < -0.39 is 6.04 Å². The first-order chi connectivity index (χ1) is 9.49. The molecule has 2 amide bonds. The smallest absolute Gasteiger partial charge is 0.242 e. The summed E-state index contributed by atoms with van der Waals surface area (Å²) in [6, 6.07) is 0.213. The molecule has 0 radical (unpaired) electrons. The Bertz CT molecular complexity index is 370. The van der Waals surface area contributed by atoms with Crippen molar-refractivity contribution in [3.05, 3.63) is 0 Å². The van der Waals surface area contributed by atoms with E-state index in [0.29, 0.717) is 0 Å². The van der Waals surface area contributed by atoms with Gasteiger partial charge in [0, 0.05) is 32.2 Å². The molecule has 1 heterocycles. The molecule has 1 atom stereocenters. The van der Waals surface area contributed by atoms with E-state index in [2.05, 4.69) is 10.2 Å². The summed E-state index contributed by atoms with van der Waals surface area (Å²) in [6.45, 7) is 7.28. The third kappa shape index (κ3) is 5.91. The molecule has 1 aliphatic carbocycles. The molecular weight excluding hydrogens is 327 g/mol. The van der Waals surface area contributed by atoms with Gasteiger partial charge in [-0.25, -0.2) is 0 Å². The Morgan fingerprint density at radius 1 is 1.14 bits per heavy atom. The quantitative estimate of drug-likeness (QED) is 0.740. The minimum Gasteiger partial charge on any atom is -0.346 e. The van der Waals surface area contributed by atoms with E-state index >= 15 is 0 Å². The lowest BCUT2D eigenvalue weighted by atomic mass is 10.1. The molecule has 0 unspecified atom stereocenters. The van der Waals surface area contributed by atoms with Gasteiger partial charge >= 0.3 is 0 Å². The van der Waals surface area contributed by atoms with E-state index in [9.17, 15) is 9.59 Å². The molecule has 8 heteroatoms. The number of nitrogens with one attached hydrogen (secondary N) is 1. The second kappa shape index (κ2) is 9.55. The van der Waals surface area contributed by atoms with Gasteiger partial charge in [-0.1, -0.05) is 13.8 Å². The zero-order valence-electron chi connectivity index (χ0n) is 13.3. The molecule has 0 aromatic carbocycles. The maximum atomic E-state index is 12.0. The Hall–Kier alpha value is -0.560. The summed E-state index contributed by atoms with van der Waals surface area (Å²) in [5.41, 5.74) is 5.74. The van der Waals surface area contributed by atoms with Crippen LogP contribution in [0.15, 0.2) is 0 Å². The molecule has 1 saturated heterocycles. The molecule has 2 aliphatic rings. The summed E-state index contributed by atoms with van der Waals surface area (Å²) in [5.74, 6) is -0.179. The van der Waals surface area contributed by atoms with Crippen LogP contribution in [-0.4, -0.2) is 66.4 Å². The second-order valence-electron chi connectivity index (χ2n) is 6.14.